The predicted molar refractivity (Wildman–Crippen MR) is 159 cm³/mol. The lowest BCUT2D eigenvalue weighted by molar-refractivity contribution is -0.126. The molecule has 1 amide bonds. The number of fused-ring (bicyclic) bond motifs is 1. The van der Waals surface area contributed by atoms with Gasteiger partial charge in [0.15, 0.2) is 0 Å². The minimum Gasteiger partial charge on any atom is -0.485 e. The van der Waals surface area contributed by atoms with Gasteiger partial charge in [-0.3, -0.25) is 9.69 Å². The molecule has 3 N–H and O–H groups in total. The number of anilines is 1. The fourth-order valence-electron chi connectivity index (χ4n) is 6.52. The van der Waals surface area contributed by atoms with Crippen molar-refractivity contribution in [2.75, 3.05) is 31.9 Å². The summed E-state index contributed by atoms with van der Waals surface area (Å²) in [6, 6.07) is 21.2. The molecule has 2 heterocycles. The van der Waals surface area contributed by atoms with E-state index in [9.17, 15) is 4.79 Å². The molecular weight excluding hydrogens is 482 g/mol. The van der Waals surface area contributed by atoms with Gasteiger partial charge in [0, 0.05) is 42.6 Å². The first-order chi connectivity index (χ1) is 18.8. The summed E-state index contributed by atoms with van der Waals surface area (Å²) in [6.07, 6.45) is 3.54. The molecule has 39 heavy (non-hydrogen) atoms. The van der Waals surface area contributed by atoms with Gasteiger partial charge in [0.25, 0.3) is 0 Å². The van der Waals surface area contributed by atoms with Crippen molar-refractivity contribution in [3.8, 4) is 5.75 Å². The molecule has 0 saturated carbocycles. The highest BCUT2D eigenvalue weighted by Gasteiger charge is 2.40. The van der Waals surface area contributed by atoms with Crippen LogP contribution in [0.15, 0.2) is 60.7 Å². The number of carbonyl (C=O) groups is 1. The molecule has 3 aromatic rings. The topological polar surface area (TPSA) is 67.6 Å². The van der Waals surface area contributed by atoms with Crippen LogP contribution < -0.4 is 15.8 Å². The lowest BCUT2D eigenvalue weighted by atomic mass is 9.88. The average Bonchev–Trinajstić information content (AvgIpc) is 3.31. The van der Waals surface area contributed by atoms with Gasteiger partial charge in [0.2, 0.25) is 5.91 Å². The van der Waals surface area contributed by atoms with Crippen molar-refractivity contribution >= 4 is 11.6 Å². The largest absolute Gasteiger partial charge is 0.485 e. The fraction of sp³-hybridized carbons (Fsp3) is 0.441. The van der Waals surface area contributed by atoms with E-state index >= 15 is 0 Å². The van der Waals surface area contributed by atoms with Crippen molar-refractivity contribution in [3.63, 3.8) is 0 Å². The summed E-state index contributed by atoms with van der Waals surface area (Å²) in [5.74, 6) is 1.58. The van der Waals surface area contributed by atoms with Crippen molar-refractivity contribution < 1.29 is 9.53 Å². The molecule has 0 aliphatic carbocycles. The van der Waals surface area contributed by atoms with Crippen LogP contribution in [0.3, 0.4) is 0 Å². The summed E-state index contributed by atoms with van der Waals surface area (Å²) >= 11 is 0. The highest BCUT2D eigenvalue weighted by Crippen LogP contribution is 2.44. The molecule has 0 bridgehead atoms. The number of nitrogens with zero attached hydrogens (tertiary/aromatic N) is 1. The summed E-state index contributed by atoms with van der Waals surface area (Å²) in [7, 11) is 0. The maximum atomic E-state index is 13.1. The molecule has 2 aliphatic heterocycles. The monoisotopic (exact) mass is 525 g/mol. The van der Waals surface area contributed by atoms with Gasteiger partial charge in [-0.2, -0.15) is 0 Å². The third kappa shape index (κ3) is 5.84. The number of piperidine rings is 1. The first-order valence-corrected chi connectivity index (χ1v) is 14.4. The van der Waals surface area contributed by atoms with E-state index in [1.54, 1.807) is 0 Å². The molecule has 1 fully saturated rings. The number of nitrogens with two attached hydrogens (primary N) is 1. The lowest BCUT2D eigenvalue weighted by Crippen LogP contribution is -2.48. The van der Waals surface area contributed by atoms with Crippen molar-refractivity contribution in [3.05, 3.63) is 94.0 Å². The van der Waals surface area contributed by atoms with E-state index in [0.717, 1.165) is 73.4 Å². The number of rotatable bonds is 8. The molecule has 1 unspecified atom stereocenters. The Labute approximate surface area is 233 Å². The Morgan fingerprint density at radius 2 is 1.56 bits per heavy atom. The number of hydrogen-bond donors (Lipinski definition) is 2. The molecule has 5 rings (SSSR count). The average molecular weight is 526 g/mol. The minimum atomic E-state index is -0.267. The molecule has 5 heteroatoms. The molecule has 0 radical (unpaired) electrons. The van der Waals surface area contributed by atoms with Crippen LogP contribution in [-0.2, 0) is 11.2 Å². The van der Waals surface area contributed by atoms with Crippen LogP contribution >= 0.6 is 0 Å². The Bertz CT molecular complexity index is 1220. The smallest absolute Gasteiger partial charge is 0.223 e. The van der Waals surface area contributed by atoms with E-state index in [1.165, 1.54) is 16.7 Å². The Balaban J connectivity index is 1.12. The third-order valence-electron chi connectivity index (χ3n) is 8.99. The summed E-state index contributed by atoms with van der Waals surface area (Å²) in [4.78, 5) is 15.6. The molecule has 5 nitrogen and oxygen atoms in total. The highest BCUT2D eigenvalue weighted by atomic mass is 16.5. The van der Waals surface area contributed by atoms with E-state index < -0.39 is 0 Å². The Morgan fingerprint density at radius 1 is 0.974 bits per heavy atom. The van der Waals surface area contributed by atoms with Crippen LogP contribution in [0.4, 0.5) is 5.69 Å². The third-order valence-corrected chi connectivity index (χ3v) is 8.99. The number of nitrogens with one attached hydrogen (secondary N) is 1. The normalized spacial score (nSPS) is 19.6. The Morgan fingerprint density at radius 3 is 2.15 bits per heavy atom. The molecule has 2 aliphatic rings. The number of ether oxygens (including phenoxy) is 1. The van der Waals surface area contributed by atoms with E-state index in [1.807, 2.05) is 0 Å². The number of amides is 1. The van der Waals surface area contributed by atoms with Crippen molar-refractivity contribution in [2.45, 2.75) is 64.9 Å². The minimum absolute atomic E-state index is 0.0783. The van der Waals surface area contributed by atoms with Gasteiger partial charge in [-0.05, 0) is 87.9 Å². The molecule has 206 valence electrons. The molecule has 0 aromatic heterocycles. The van der Waals surface area contributed by atoms with Gasteiger partial charge in [0.05, 0.1) is 0 Å². The van der Waals surface area contributed by atoms with Gasteiger partial charge in [-0.1, -0.05) is 60.7 Å². The van der Waals surface area contributed by atoms with Crippen molar-refractivity contribution in [1.82, 2.24) is 10.2 Å². The van der Waals surface area contributed by atoms with Gasteiger partial charge in [0.1, 0.15) is 11.4 Å². The van der Waals surface area contributed by atoms with Crippen LogP contribution in [0, 0.1) is 26.7 Å². The predicted octanol–water partition coefficient (Wildman–Crippen LogP) is 5.94. The Kier molecular flexibility index (Phi) is 7.99. The zero-order valence-electron chi connectivity index (χ0n) is 23.9. The molecule has 3 aromatic carbocycles. The second-order valence-corrected chi connectivity index (χ2v) is 11.8. The zero-order valence-corrected chi connectivity index (χ0v) is 23.9. The quantitative estimate of drug-likeness (QED) is 0.357. The van der Waals surface area contributed by atoms with Crippen molar-refractivity contribution in [1.29, 1.82) is 0 Å². The maximum absolute atomic E-state index is 13.1. The van der Waals surface area contributed by atoms with Gasteiger partial charge in [-0.25, -0.2) is 0 Å². The van der Waals surface area contributed by atoms with E-state index in [2.05, 4.69) is 98.6 Å². The molecule has 0 spiro atoms. The molecule has 1 atom stereocenters. The highest BCUT2D eigenvalue weighted by molar-refractivity contribution is 5.78. The number of hydrogen-bond acceptors (Lipinski definition) is 4. The van der Waals surface area contributed by atoms with Crippen LogP contribution in [0.5, 0.6) is 5.75 Å². The Hall–Kier alpha value is -3.31. The SMILES string of the molecule is Cc1c(C)c2c(c(C)c1N)CC(C)(CN1CCC(C(=O)NCCC(c3ccccc3)c3ccccc3)CC1)O2. The number of likely N-dealkylation sites (tertiary alicyclic amines) is 1. The summed E-state index contributed by atoms with van der Waals surface area (Å²) in [5, 5.41) is 3.26. The molecule has 1 saturated heterocycles. The van der Waals surface area contributed by atoms with E-state index in [0.29, 0.717) is 6.54 Å². The first-order valence-electron chi connectivity index (χ1n) is 14.4. The number of benzene rings is 3. The van der Waals surface area contributed by atoms with Crippen LogP contribution in [0.1, 0.15) is 65.5 Å². The standard InChI is InChI=1S/C34H43N3O2/c1-23-24(2)32-30(25(3)31(23)35)21-34(4,39-32)22-37-19-16-28(17-20-37)33(38)36-18-15-29(26-11-7-5-8-12-26)27-13-9-6-10-14-27/h5-14,28-29H,15-22,35H2,1-4H3,(H,36,38). The maximum Gasteiger partial charge on any atom is 0.223 e. The summed E-state index contributed by atoms with van der Waals surface area (Å²) < 4.78 is 6.59. The van der Waals surface area contributed by atoms with Crippen LogP contribution in [-0.4, -0.2) is 42.6 Å². The molecular formula is C34H43N3O2. The van der Waals surface area contributed by atoms with Gasteiger partial charge in [-0.15, -0.1) is 0 Å². The van der Waals surface area contributed by atoms with Crippen molar-refractivity contribution in [2.24, 2.45) is 5.92 Å². The van der Waals surface area contributed by atoms with Gasteiger partial charge < -0.3 is 15.8 Å². The first kappa shape index (κ1) is 27.3. The number of carbonyl (C=O) groups excluding carboxylic acids is 1. The number of nitrogen functional groups attached to an aromatic ring is 1. The van der Waals surface area contributed by atoms with E-state index in [-0.39, 0.29) is 23.3 Å². The van der Waals surface area contributed by atoms with Crippen LogP contribution in [0.25, 0.3) is 0 Å². The van der Waals surface area contributed by atoms with Gasteiger partial charge >= 0.3 is 0 Å². The fourth-order valence-corrected chi connectivity index (χ4v) is 6.52. The second-order valence-electron chi connectivity index (χ2n) is 11.8. The summed E-state index contributed by atoms with van der Waals surface area (Å²) in [6.45, 7) is 11.9. The van der Waals surface area contributed by atoms with Crippen LogP contribution in [0.2, 0.25) is 0 Å². The zero-order chi connectivity index (χ0) is 27.6. The van der Waals surface area contributed by atoms with E-state index in [4.69, 9.17) is 10.5 Å². The lowest BCUT2D eigenvalue weighted by Gasteiger charge is -2.36. The summed E-state index contributed by atoms with van der Waals surface area (Å²) in [5.41, 5.74) is 14.3. The second kappa shape index (κ2) is 11.4.